The summed E-state index contributed by atoms with van der Waals surface area (Å²) in [5.74, 6) is -0.0839. The standard InChI is InChI=1S/C14H23NO2S/c1-4-6-14(17,7-5-2)10-15-13(16)12-9-18-8-11(12)3/h8-9,17H,4-7,10H2,1-3H3,(H,15,16). The highest BCUT2D eigenvalue weighted by atomic mass is 32.1. The fourth-order valence-corrected chi connectivity index (χ4v) is 2.99. The molecule has 0 saturated carbocycles. The maximum Gasteiger partial charge on any atom is 0.252 e. The Morgan fingerprint density at radius 2 is 1.94 bits per heavy atom. The minimum atomic E-state index is -0.761. The second-order valence-electron chi connectivity index (χ2n) is 4.88. The van der Waals surface area contributed by atoms with Crippen LogP contribution >= 0.6 is 11.3 Å². The number of aryl methyl sites for hydroxylation is 1. The zero-order chi connectivity index (χ0) is 13.6. The normalized spacial score (nSPS) is 11.6. The summed E-state index contributed by atoms with van der Waals surface area (Å²) in [7, 11) is 0. The highest BCUT2D eigenvalue weighted by Gasteiger charge is 2.25. The zero-order valence-electron chi connectivity index (χ0n) is 11.5. The summed E-state index contributed by atoms with van der Waals surface area (Å²) in [5.41, 5.74) is 0.950. The molecule has 0 aliphatic heterocycles. The molecule has 0 aliphatic rings. The van der Waals surface area contributed by atoms with Crippen LogP contribution in [-0.2, 0) is 0 Å². The van der Waals surface area contributed by atoms with Gasteiger partial charge in [-0.15, -0.1) is 0 Å². The number of hydrogen-bond acceptors (Lipinski definition) is 3. The van der Waals surface area contributed by atoms with Crippen molar-refractivity contribution in [1.82, 2.24) is 5.32 Å². The molecule has 1 aromatic rings. The summed E-state index contributed by atoms with van der Waals surface area (Å²) < 4.78 is 0. The first-order valence-corrected chi connectivity index (χ1v) is 7.50. The van der Waals surface area contributed by atoms with Crippen LogP contribution < -0.4 is 5.32 Å². The summed E-state index contributed by atoms with van der Waals surface area (Å²) in [5, 5.41) is 17.1. The van der Waals surface area contributed by atoms with Crippen molar-refractivity contribution in [3.63, 3.8) is 0 Å². The van der Waals surface area contributed by atoms with Gasteiger partial charge in [0.1, 0.15) is 0 Å². The van der Waals surface area contributed by atoms with Gasteiger partial charge in [-0.1, -0.05) is 26.7 Å². The Hall–Kier alpha value is -0.870. The number of carbonyl (C=O) groups is 1. The van der Waals surface area contributed by atoms with Crippen molar-refractivity contribution >= 4 is 17.2 Å². The van der Waals surface area contributed by atoms with Crippen molar-refractivity contribution in [2.75, 3.05) is 6.54 Å². The van der Waals surface area contributed by atoms with E-state index in [0.717, 1.165) is 36.8 Å². The lowest BCUT2D eigenvalue weighted by Gasteiger charge is -2.27. The van der Waals surface area contributed by atoms with E-state index in [-0.39, 0.29) is 5.91 Å². The lowest BCUT2D eigenvalue weighted by molar-refractivity contribution is 0.0213. The van der Waals surface area contributed by atoms with Gasteiger partial charge in [-0.2, -0.15) is 11.3 Å². The Bertz CT molecular complexity index is 381. The van der Waals surface area contributed by atoms with E-state index >= 15 is 0 Å². The minimum absolute atomic E-state index is 0.0839. The SMILES string of the molecule is CCCC(O)(CCC)CNC(=O)c1cscc1C. The van der Waals surface area contributed by atoms with Gasteiger partial charge in [0.2, 0.25) is 0 Å². The molecule has 0 bridgehead atoms. The number of amides is 1. The molecular weight excluding hydrogens is 246 g/mol. The summed E-state index contributed by atoms with van der Waals surface area (Å²) in [6.07, 6.45) is 3.29. The largest absolute Gasteiger partial charge is 0.388 e. The first-order chi connectivity index (χ1) is 8.52. The average Bonchev–Trinajstić information content (AvgIpc) is 2.73. The van der Waals surface area contributed by atoms with Gasteiger partial charge >= 0.3 is 0 Å². The Kier molecular flexibility index (Phi) is 5.82. The summed E-state index contributed by atoms with van der Waals surface area (Å²) >= 11 is 1.53. The predicted molar refractivity (Wildman–Crippen MR) is 76.2 cm³/mol. The molecular formula is C14H23NO2S. The van der Waals surface area contributed by atoms with Gasteiger partial charge in [-0.05, 0) is 30.7 Å². The number of rotatable bonds is 7. The van der Waals surface area contributed by atoms with Crippen molar-refractivity contribution in [2.45, 2.75) is 52.1 Å². The first kappa shape index (κ1) is 15.2. The molecule has 0 aliphatic carbocycles. The summed E-state index contributed by atoms with van der Waals surface area (Å²) in [6.45, 7) is 6.36. The van der Waals surface area contributed by atoms with Gasteiger partial charge in [0.25, 0.3) is 5.91 Å². The molecule has 0 spiro atoms. The molecule has 3 nitrogen and oxygen atoms in total. The number of aliphatic hydroxyl groups is 1. The predicted octanol–water partition coefficient (Wildman–Crippen LogP) is 3.12. The van der Waals surface area contributed by atoms with E-state index in [1.165, 1.54) is 11.3 Å². The quantitative estimate of drug-likeness (QED) is 0.799. The van der Waals surface area contributed by atoms with Crippen molar-refractivity contribution < 1.29 is 9.90 Å². The highest BCUT2D eigenvalue weighted by Crippen LogP contribution is 2.19. The molecule has 1 amide bonds. The van der Waals surface area contributed by atoms with Gasteiger partial charge in [0.15, 0.2) is 0 Å². The van der Waals surface area contributed by atoms with E-state index < -0.39 is 5.60 Å². The van der Waals surface area contributed by atoms with Crippen LogP contribution in [0.1, 0.15) is 55.5 Å². The number of thiophene rings is 1. The molecule has 2 N–H and O–H groups in total. The van der Waals surface area contributed by atoms with E-state index in [4.69, 9.17) is 0 Å². The molecule has 102 valence electrons. The lowest BCUT2D eigenvalue weighted by Crippen LogP contribution is -2.42. The summed E-state index contributed by atoms with van der Waals surface area (Å²) in [4.78, 5) is 12.0. The van der Waals surface area contributed by atoms with Gasteiger partial charge < -0.3 is 10.4 Å². The molecule has 1 aromatic heterocycles. The Morgan fingerprint density at radius 3 is 2.39 bits per heavy atom. The van der Waals surface area contributed by atoms with Crippen LogP contribution in [0.2, 0.25) is 0 Å². The Balaban J connectivity index is 2.57. The van der Waals surface area contributed by atoms with E-state index in [9.17, 15) is 9.90 Å². The number of carbonyl (C=O) groups excluding carboxylic acids is 1. The monoisotopic (exact) mass is 269 g/mol. The van der Waals surface area contributed by atoms with Crippen LogP contribution in [0.3, 0.4) is 0 Å². The first-order valence-electron chi connectivity index (χ1n) is 6.55. The third kappa shape index (κ3) is 4.10. The molecule has 18 heavy (non-hydrogen) atoms. The average molecular weight is 269 g/mol. The van der Waals surface area contributed by atoms with Crippen LogP contribution in [0.5, 0.6) is 0 Å². The van der Waals surface area contributed by atoms with E-state index in [2.05, 4.69) is 5.32 Å². The molecule has 0 fully saturated rings. The van der Waals surface area contributed by atoms with Crippen molar-refractivity contribution in [1.29, 1.82) is 0 Å². The van der Waals surface area contributed by atoms with Gasteiger partial charge in [-0.25, -0.2) is 0 Å². The third-order valence-electron chi connectivity index (χ3n) is 3.11. The van der Waals surface area contributed by atoms with Crippen molar-refractivity contribution in [3.8, 4) is 0 Å². The minimum Gasteiger partial charge on any atom is -0.388 e. The zero-order valence-corrected chi connectivity index (χ0v) is 12.3. The van der Waals surface area contributed by atoms with Crippen molar-refractivity contribution in [3.05, 3.63) is 21.9 Å². The van der Waals surface area contributed by atoms with E-state index in [0.29, 0.717) is 6.54 Å². The second kappa shape index (κ2) is 6.90. The third-order valence-corrected chi connectivity index (χ3v) is 3.97. The molecule has 0 radical (unpaired) electrons. The molecule has 0 unspecified atom stereocenters. The topological polar surface area (TPSA) is 49.3 Å². The van der Waals surface area contributed by atoms with Gasteiger partial charge in [-0.3, -0.25) is 4.79 Å². The van der Waals surface area contributed by atoms with Crippen molar-refractivity contribution in [2.24, 2.45) is 0 Å². The smallest absolute Gasteiger partial charge is 0.252 e. The fraction of sp³-hybridized carbons (Fsp3) is 0.643. The maximum atomic E-state index is 12.0. The highest BCUT2D eigenvalue weighted by molar-refractivity contribution is 7.08. The molecule has 0 saturated heterocycles. The van der Waals surface area contributed by atoms with Crippen LogP contribution in [0, 0.1) is 6.92 Å². The van der Waals surface area contributed by atoms with Crippen LogP contribution in [0.25, 0.3) is 0 Å². The van der Waals surface area contributed by atoms with Gasteiger partial charge in [0.05, 0.1) is 11.2 Å². The van der Waals surface area contributed by atoms with E-state index in [1.54, 1.807) is 0 Å². The Morgan fingerprint density at radius 1 is 1.33 bits per heavy atom. The molecule has 1 heterocycles. The molecule has 4 heteroatoms. The summed E-state index contributed by atoms with van der Waals surface area (Å²) in [6, 6.07) is 0. The molecule has 1 rings (SSSR count). The fourth-order valence-electron chi connectivity index (χ4n) is 2.17. The Labute approximate surface area is 113 Å². The van der Waals surface area contributed by atoms with Crippen LogP contribution in [0.4, 0.5) is 0 Å². The number of nitrogens with one attached hydrogen (secondary N) is 1. The second-order valence-corrected chi connectivity index (χ2v) is 5.62. The lowest BCUT2D eigenvalue weighted by atomic mass is 9.92. The molecule has 0 atom stereocenters. The number of hydrogen-bond donors (Lipinski definition) is 2. The van der Waals surface area contributed by atoms with Gasteiger partial charge in [0, 0.05) is 11.9 Å². The van der Waals surface area contributed by atoms with Crippen LogP contribution in [-0.4, -0.2) is 23.2 Å². The maximum absolute atomic E-state index is 12.0. The van der Waals surface area contributed by atoms with Crippen LogP contribution in [0.15, 0.2) is 10.8 Å². The van der Waals surface area contributed by atoms with E-state index in [1.807, 2.05) is 31.5 Å². The molecule has 0 aromatic carbocycles.